The maximum Gasteiger partial charge on any atom is 0.234 e. The largest absolute Gasteiger partial charge is 0.459 e. The highest BCUT2D eigenvalue weighted by atomic mass is 35.5. The summed E-state index contributed by atoms with van der Waals surface area (Å²) < 4.78 is 10.9. The van der Waals surface area contributed by atoms with Crippen LogP contribution in [-0.2, 0) is 16.1 Å². The van der Waals surface area contributed by atoms with Crippen LogP contribution in [0.25, 0.3) is 11.3 Å². The van der Waals surface area contributed by atoms with Crippen LogP contribution < -0.4 is 10.6 Å². The molecule has 0 fully saturated rings. The summed E-state index contributed by atoms with van der Waals surface area (Å²) in [5.74, 6) is 1.23. The summed E-state index contributed by atoms with van der Waals surface area (Å²) in [5.41, 5.74) is 0.473. The van der Waals surface area contributed by atoms with Crippen molar-refractivity contribution >= 4 is 17.5 Å². The first-order valence-electron chi connectivity index (χ1n) is 8.42. The highest BCUT2D eigenvalue weighted by Crippen LogP contribution is 2.23. The average molecular weight is 381 g/mol. The van der Waals surface area contributed by atoms with Gasteiger partial charge in [0.1, 0.15) is 11.5 Å². The number of methoxy groups -OCH3 is 1. The van der Waals surface area contributed by atoms with Crippen molar-refractivity contribution in [1.29, 1.82) is 0 Å². The molecule has 0 radical (unpaired) electrons. The Morgan fingerprint density at radius 3 is 2.65 bits per heavy atom. The van der Waals surface area contributed by atoms with Crippen LogP contribution in [0.3, 0.4) is 0 Å². The predicted molar refractivity (Wildman–Crippen MR) is 101 cm³/mol. The molecular weight excluding hydrogens is 356 g/mol. The second-order valence-corrected chi connectivity index (χ2v) is 6.81. The van der Waals surface area contributed by atoms with E-state index >= 15 is 0 Å². The molecule has 1 heterocycles. The number of carbonyl (C=O) groups is 1. The smallest absolute Gasteiger partial charge is 0.234 e. The summed E-state index contributed by atoms with van der Waals surface area (Å²) in [6.07, 6.45) is 0.497. The standard InChI is InChI=1S/C19H25ClN2O4/c1-19(9-10-23,13-25-2)22-12-18(24)21-11-16-7-8-17(26-16)14-3-5-15(20)6-4-14/h3-8,22-23H,9-13H2,1-2H3,(H,21,24). The molecule has 2 rings (SSSR count). The summed E-state index contributed by atoms with van der Waals surface area (Å²) in [6.45, 7) is 2.77. The Morgan fingerprint density at radius 1 is 1.27 bits per heavy atom. The molecule has 1 aromatic heterocycles. The number of nitrogens with one attached hydrogen (secondary N) is 2. The SMILES string of the molecule is COCC(C)(CCO)NCC(=O)NCc1ccc(-c2ccc(Cl)cc2)o1. The zero-order chi connectivity index (χ0) is 19.0. The first kappa shape index (κ1) is 20.5. The van der Waals surface area contributed by atoms with Gasteiger partial charge in [0.15, 0.2) is 0 Å². The van der Waals surface area contributed by atoms with E-state index in [0.29, 0.717) is 30.4 Å². The lowest BCUT2D eigenvalue weighted by Crippen LogP contribution is -2.50. The van der Waals surface area contributed by atoms with Gasteiger partial charge in [-0.05, 0) is 49.7 Å². The van der Waals surface area contributed by atoms with Crippen LogP contribution in [0, 0.1) is 0 Å². The summed E-state index contributed by atoms with van der Waals surface area (Å²) >= 11 is 5.88. The van der Waals surface area contributed by atoms with E-state index in [-0.39, 0.29) is 19.1 Å². The van der Waals surface area contributed by atoms with Crippen molar-refractivity contribution in [3.05, 3.63) is 47.2 Å². The Bertz CT molecular complexity index is 694. The fourth-order valence-corrected chi connectivity index (χ4v) is 2.69. The number of hydrogen-bond donors (Lipinski definition) is 3. The number of amides is 1. The number of hydrogen-bond acceptors (Lipinski definition) is 5. The molecule has 0 bridgehead atoms. The van der Waals surface area contributed by atoms with Crippen LogP contribution in [0.2, 0.25) is 5.02 Å². The van der Waals surface area contributed by atoms with Crippen LogP contribution in [0.4, 0.5) is 0 Å². The molecule has 0 aliphatic carbocycles. The number of benzene rings is 1. The molecule has 0 saturated heterocycles. The lowest BCUT2D eigenvalue weighted by Gasteiger charge is -2.29. The summed E-state index contributed by atoms with van der Waals surface area (Å²) in [6, 6.07) is 11.1. The Kier molecular flexibility index (Phi) is 7.66. The zero-order valence-corrected chi connectivity index (χ0v) is 15.8. The van der Waals surface area contributed by atoms with Gasteiger partial charge in [0.25, 0.3) is 0 Å². The maximum atomic E-state index is 12.1. The van der Waals surface area contributed by atoms with E-state index in [1.54, 1.807) is 19.2 Å². The van der Waals surface area contributed by atoms with E-state index in [0.717, 1.165) is 11.3 Å². The first-order chi connectivity index (χ1) is 12.5. The van der Waals surface area contributed by atoms with Crippen LogP contribution in [0.5, 0.6) is 0 Å². The molecule has 1 amide bonds. The van der Waals surface area contributed by atoms with Gasteiger partial charge in [0.05, 0.1) is 19.7 Å². The van der Waals surface area contributed by atoms with Crippen molar-refractivity contribution in [2.24, 2.45) is 0 Å². The number of halogens is 1. The van der Waals surface area contributed by atoms with E-state index in [2.05, 4.69) is 10.6 Å². The minimum absolute atomic E-state index is 0.0222. The molecule has 26 heavy (non-hydrogen) atoms. The van der Waals surface area contributed by atoms with Crippen molar-refractivity contribution in [1.82, 2.24) is 10.6 Å². The minimum Gasteiger partial charge on any atom is -0.459 e. The Labute approximate surface area is 158 Å². The van der Waals surface area contributed by atoms with Gasteiger partial charge >= 0.3 is 0 Å². The number of carbonyl (C=O) groups excluding carboxylic acids is 1. The fourth-order valence-electron chi connectivity index (χ4n) is 2.56. The van der Waals surface area contributed by atoms with Crippen molar-refractivity contribution in [2.75, 3.05) is 26.9 Å². The van der Waals surface area contributed by atoms with Gasteiger partial charge in [-0.3, -0.25) is 4.79 Å². The second-order valence-electron chi connectivity index (χ2n) is 6.37. The van der Waals surface area contributed by atoms with Gasteiger partial charge in [-0.25, -0.2) is 0 Å². The highest BCUT2D eigenvalue weighted by molar-refractivity contribution is 6.30. The van der Waals surface area contributed by atoms with Gasteiger partial charge in [-0.1, -0.05) is 11.6 Å². The Morgan fingerprint density at radius 2 is 2.00 bits per heavy atom. The van der Waals surface area contributed by atoms with Crippen molar-refractivity contribution in [3.8, 4) is 11.3 Å². The topological polar surface area (TPSA) is 83.7 Å². The molecule has 0 spiro atoms. The number of aliphatic hydroxyl groups excluding tert-OH is 1. The van der Waals surface area contributed by atoms with Gasteiger partial charge in [0.2, 0.25) is 5.91 Å². The molecule has 6 nitrogen and oxygen atoms in total. The summed E-state index contributed by atoms with van der Waals surface area (Å²) in [7, 11) is 1.59. The van der Waals surface area contributed by atoms with E-state index in [1.165, 1.54) is 0 Å². The average Bonchev–Trinajstić information content (AvgIpc) is 3.08. The highest BCUT2D eigenvalue weighted by Gasteiger charge is 2.23. The number of furan rings is 1. The van der Waals surface area contributed by atoms with Crippen LogP contribution in [0.1, 0.15) is 19.1 Å². The van der Waals surface area contributed by atoms with Crippen LogP contribution >= 0.6 is 11.6 Å². The third-order valence-corrected chi connectivity index (χ3v) is 4.30. The van der Waals surface area contributed by atoms with Crippen LogP contribution in [-0.4, -0.2) is 43.4 Å². The van der Waals surface area contributed by atoms with Gasteiger partial charge < -0.3 is 24.9 Å². The van der Waals surface area contributed by atoms with Gasteiger partial charge in [-0.2, -0.15) is 0 Å². The Balaban J connectivity index is 1.83. The van der Waals surface area contributed by atoms with E-state index in [1.807, 2.05) is 31.2 Å². The molecule has 0 aliphatic rings. The summed E-state index contributed by atoms with van der Waals surface area (Å²) in [5, 5.41) is 15.8. The molecule has 1 unspecified atom stereocenters. The molecular formula is C19H25ClN2O4. The normalized spacial score (nSPS) is 13.4. The Hall–Kier alpha value is -1.86. The molecule has 142 valence electrons. The third-order valence-electron chi connectivity index (χ3n) is 4.05. The first-order valence-corrected chi connectivity index (χ1v) is 8.80. The molecule has 2 aromatic rings. The van der Waals surface area contributed by atoms with E-state index in [4.69, 9.17) is 25.9 Å². The van der Waals surface area contributed by atoms with Crippen LogP contribution in [0.15, 0.2) is 40.8 Å². The van der Waals surface area contributed by atoms with Crippen molar-refractivity contribution in [2.45, 2.75) is 25.4 Å². The van der Waals surface area contributed by atoms with E-state index < -0.39 is 5.54 Å². The molecule has 7 heteroatoms. The summed E-state index contributed by atoms with van der Waals surface area (Å²) in [4.78, 5) is 12.1. The number of rotatable bonds is 10. The van der Waals surface area contributed by atoms with Gasteiger partial charge in [0, 0.05) is 29.8 Å². The van der Waals surface area contributed by atoms with Crippen molar-refractivity contribution < 1.29 is 19.1 Å². The van der Waals surface area contributed by atoms with Gasteiger partial charge in [-0.15, -0.1) is 0 Å². The quantitative estimate of drug-likeness (QED) is 0.590. The van der Waals surface area contributed by atoms with Crippen molar-refractivity contribution in [3.63, 3.8) is 0 Å². The molecule has 0 saturated carbocycles. The maximum absolute atomic E-state index is 12.1. The number of ether oxygens (including phenoxy) is 1. The third kappa shape index (κ3) is 6.14. The second kappa shape index (κ2) is 9.73. The predicted octanol–water partition coefficient (Wildman–Crippen LogP) is 2.59. The van der Waals surface area contributed by atoms with E-state index in [9.17, 15) is 4.79 Å². The molecule has 3 N–H and O–H groups in total. The monoisotopic (exact) mass is 380 g/mol. The lowest BCUT2D eigenvalue weighted by molar-refractivity contribution is -0.121. The number of aliphatic hydroxyl groups is 1. The fraction of sp³-hybridized carbons (Fsp3) is 0.421. The lowest BCUT2D eigenvalue weighted by atomic mass is 9.99. The molecule has 0 aliphatic heterocycles. The zero-order valence-electron chi connectivity index (χ0n) is 15.0. The minimum atomic E-state index is -0.451. The molecule has 1 aromatic carbocycles. The molecule has 1 atom stereocenters.